The minimum absolute atomic E-state index is 0.0610. The molecule has 1 heterocycles. The summed E-state index contributed by atoms with van der Waals surface area (Å²) in [6.45, 7) is 9.54. The monoisotopic (exact) mass is 252 g/mol. The van der Waals surface area contributed by atoms with Gasteiger partial charge in [0.1, 0.15) is 11.9 Å². The molecule has 0 aliphatic carbocycles. The van der Waals surface area contributed by atoms with Crippen LogP contribution in [-0.2, 0) is 4.79 Å². The van der Waals surface area contributed by atoms with Crippen LogP contribution in [0, 0.1) is 5.41 Å². The van der Waals surface area contributed by atoms with E-state index in [-0.39, 0.29) is 29.7 Å². The van der Waals surface area contributed by atoms with Crippen LogP contribution in [0.4, 0.5) is 4.79 Å². The molecule has 1 rings (SSSR count). The van der Waals surface area contributed by atoms with Gasteiger partial charge in [-0.25, -0.2) is 4.79 Å². The molecule has 1 saturated heterocycles. The van der Waals surface area contributed by atoms with Crippen molar-refractivity contribution in [2.24, 2.45) is 0 Å². The molecule has 0 saturated carbocycles. The van der Waals surface area contributed by atoms with Crippen LogP contribution in [0.2, 0.25) is 0 Å². The van der Waals surface area contributed by atoms with Gasteiger partial charge >= 0.3 is 6.03 Å². The summed E-state index contributed by atoms with van der Waals surface area (Å²) in [5.41, 5.74) is -0.321. The number of amides is 3. The lowest BCUT2D eigenvalue weighted by atomic mass is 10.1. The van der Waals surface area contributed by atoms with Crippen LogP contribution in [-0.4, -0.2) is 40.8 Å². The van der Waals surface area contributed by atoms with Crippen molar-refractivity contribution < 1.29 is 9.59 Å². The largest absolute Gasteiger partial charge is 0.351 e. The highest BCUT2D eigenvalue weighted by atomic mass is 16.2. The Labute approximate surface area is 107 Å². The van der Waals surface area contributed by atoms with Gasteiger partial charge in [0.2, 0.25) is 5.91 Å². The van der Waals surface area contributed by atoms with Gasteiger partial charge in [0.15, 0.2) is 0 Å². The van der Waals surface area contributed by atoms with E-state index in [0.29, 0.717) is 6.54 Å². The zero-order valence-corrected chi connectivity index (χ0v) is 11.0. The van der Waals surface area contributed by atoms with E-state index in [2.05, 4.69) is 17.2 Å². The van der Waals surface area contributed by atoms with E-state index in [0.717, 1.165) is 0 Å². The second kappa shape index (κ2) is 5.20. The summed E-state index contributed by atoms with van der Waals surface area (Å²) in [6, 6.07) is -0.883. The first-order valence-corrected chi connectivity index (χ1v) is 5.82. The predicted molar refractivity (Wildman–Crippen MR) is 69.5 cm³/mol. The molecule has 1 atom stereocenters. The molecule has 100 valence electrons. The molecule has 18 heavy (non-hydrogen) atoms. The first kappa shape index (κ1) is 14.2. The molecule has 0 aromatic rings. The smallest absolute Gasteiger partial charge is 0.323 e. The molecule has 0 aromatic carbocycles. The molecule has 0 radical (unpaired) electrons. The van der Waals surface area contributed by atoms with Crippen LogP contribution in [0.3, 0.4) is 0 Å². The Morgan fingerprint density at radius 1 is 1.61 bits per heavy atom. The summed E-state index contributed by atoms with van der Waals surface area (Å²) < 4.78 is 0. The van der Waals surface area contributed by atoms with Gasteiger partial charge in [-0.15, -0.1) is 6.58 Å². The van der Waals surface area contributed by atoms with Gasteiger partial charge < -0.3 is 10.2 Å². The lowest BCUT2D eigenvalue weighted by Crippen LogP contribution is -2.45. The maximum absolute atomic E-state index is 11.8. The van der Waals surface area contributed by atoms with Gasteiger partial charge in [-0.1, -0.05) is 6.08 Å². The van der Waals surface area contributed by atoms with Crippen molar-refractivity contribution in [2.75, 3.05) is 6.54 Å². The number of carbonyl (C=O) groups excluding carboxylic acids is 2. The van der Waals surface area contributed by atoms with Crippen LogP contribution in [0.25, 0.3) is 0 Å². The van der Waals surface area contributed by atoms with Crippen molar-refractivity contribution in [1.82, 2.24) is 15.5 Å². The molecule has 3 N–H and O–H groups in total. The van der Waals surface area contributed by atoms with Crippen molar-refractivity contribution in [3.05, 3.63) is 12.7 Å². The number of nitrogens with one attached hydrogen (secondary N) is 3. The fourth-order valence-corrected chi connectivity index (χ4v) is 1.77. The third-order valence-electron chi connectivity index (χ3n) is 2.43. The summed E-state index contributed by atoms with van der Waals surface area (Å²) in [7, 11) is 0. The van der Waals surface area contributed by atoms with Crippen LogP contribution in [0.5, 0.6) is 0 Å². The molecule has 1 aliphatic heterocycles. The van der Waals surface area contributed by atoms with Gasteiger partial charge in [-0.2, -0.15) is 0 Å². The Morgan fingerprint density at radius 3 is 2.72 bits per heavy atom. The topological polar surface area (TPSA) is 85.3 Å². The summed E-state index contributed by atoms with van der Waals surface area (Å²) in [6.07, 6.45) is 1.66. The van der Waals surface area contributed by atoms with Crippen LogP contribution < -0.4 is 10.6 Å². The SMILES string of the molecule is C=CCN1C(=O)NC(=N)C1CC(=O)NC(C)(C)C. The van der Waals surface area contributed by atoms with E-state index in [1.807, 2.05) is 20.8 Å². The molecule has 0 bridgehead atoms. The number of nitrogens with zero attached hydrogens (tertiary/aromatic N) is 1. The number of hydrogen-bond acceptors (Lipinski definition) is 3. The third kappa shape index (κ3) is 3.58. The normalized spacial score (nSPS) is 19.7. The van der Waals surface area contributed by atoms with E-state index in [4.69, 9.17) is 5.41 Å². The molecule has 0 aromatic heterocycles. The average molecular weight is 252 g/mol. The third-order valence-corrected chi connectivity index (χ3v) is 2.43. The standard InChI is InChI=1S/C12H20N4O2/c1-5-6-16-8(10(13)14-11(16)18)7-9(17)15-12(2,3)4/h5,8H,1,6-7H2,2-4H3,(H,15,17)(H2,13,14,18). The summed E-state index contributed by atoms with van der Waals surface area (Å²) in [5.74, 6) is -0.117. The van der Waals surface area contributed by atoms with Gasteiger partial charge in [-0.05, 0) is 20.8 Å². The first-order valence-electron chi connectivity index (χ1n) is 5.82. The number of carbonyl (C=O) groups is 2. The minimum Gasteiger partial charge on any atom is -0.351 e. The average Bonchev–Trinajstić information content (AvgIpc) is 2.42. The fourth-order valence-electron chi connectivity index (χ4n) is 1.77. The van der Waals surface area contributed by atoms with Crippen molar-refractivity contribution in [3.63, 3.8) is 0 Å². The Hall–Kier alpha value is -1.85. The molecular formula is C12H20N4O2. The van der Waals surface area contributed by atoms with E-state index in [1.165, 1.54) is 4.90 Å². The van der Waals surface area contributed by atoms with Crippen LogP contribution in [0.1, 0.15) is 27.2 Å². The quantitative estimate of drug-likeness (QED) is 0.648. The van der Waals surface area contributed by atoms with Crippen molar-refractivity contribution >= 4 is 17.8 Å². The Balaban J connectivity index is 2.69. The van der Waals surface area contributed by atoms with Crippen molar-refractivity contribution in [1.29, 1.82) is 5.41 Å². The van der Waals surface area contributed by atoms with Gasteiger partial charge in [0.05, 0.1) is 6.42 Å². The Morgan fingerprint density at radius 2 is 2.22 bits per heavy atom. The Kier molecular flexibility index (Phi) is 4.11. The molecule has 1 fully saturated rings. The summed E-state index contributed by atoms with van der Waals surface area (Å²) >= 11 is 0. The van der Waals surface area contributed by atoms with E-state index >= 15 is 0 Å². The predicted octanol–water partition coefficient (Wildman–Crippen LogP) is 0.848. The number of hydrogen-bond donors (Lipinski definition) is 3. The summed E-state index contributed by atoms with van der Waals surface area (Å²) in [4.78, 5) is 24.8. The first-order chi connectivity index (χ1) is 8.24. The second-order valence-electron chi connectivity index (χ2n) is 5.30. The van der Waals surface area contributed by atoms with Crippen LogP contribution >= 0.6 is 0 Å². The molecule has 1 aliphatic rings. The maximum atomic E-state index is 11.8. The number of rotatable bonds is 4. The molecule has 1 unspecified atom stereocenters. The van der Waals surface area contributed by atoms with E-state index < -0.39 is 6.04 Å². The van der Waals surface area contributed by atoms with Gasteiger partial charge in [0.25, 0.3) is 0 Å². The lowest BCUT2D eigenvalue weighted by Gasteiger charge is -2.24. The highest BCUT2D eigenvalue weighted by molar-refractivity contribution is 6.07. The molecule has 6 nitrogen and oxygen atoms in total. The van der Waals surface area contributed by atoms with E-state index in [9.17, 15) is 9.59 Å². The zero-order chi connectivity index (χ0) is 13.9. The van der Waals surface area contributed by atoms with E-state index in [1.54, 1.807) is 6.08 Å². The highest BCUT2D eigenvalue weighted by Gasteiger charge is 2.36. The summed E-state index contributed by atoms with van der Waals surface area (Å²) in [5, 5.41) is 12.9. The Bertz CT molecular complexity index is 384. The van der Waals surface area contributed by atoms with Crippen molar-refractivity contribution in [2.45, 2.75) is 38.8 Å². The number of amidine groups is 1. The lowest BCUT2D eigenvalue weighted by molar-refractivity contribution is -0.123. The molecule has 3 amide bonds. The molecule has 6 heteroatoms. The molecule has 0 spiro atoms. The highest BCUT2D eigenvalue weighted by Crippen LogP contribution is 2.13. The van der Waals surface area contributed by atoms with Gasteiger partial charge in [-0.3, -0.25) is 15.5 Å². The zero-order valence-electron chi connectivity index (χ0n) is 11.0. The van der Waals surface area contributed by atoms with Crippen molar-refractivity contribution in [3.8, 4) is 0 Å². The maximum Gasteiger partial charge on any atom is 0.323 e. The van der Waals surface area contributed by atoms with Gasteiger partial charge in [0, 0.05) is 12.1 Å². The minimum atomic E-state index is -0.530. The van der Waals surface area contributed by atoms with Crippen LogP contribution in [0.15, 0.2) is 12.7 Å². The fraction of sp³-hybridized carbons (Fsp3) is 0.583. The number of urea groups is 1. The molecular weight excluding hydrogens is 232 g/mol. The second-order valence-corrected chi connectivity index (χ2v) is 5.30.